The van der Waals surface area contributed by atoms with E-state index in [1.165, 1.54) is 0 Å². The van der Waals surface area contributed by atoms with Crippen LogP contribution in [-0.2, 0) is 14.3 Å². The quantitative estimate of drug-likeness (QED) is 0.222. The molecule has 0 aromatic carbocycles. The summed E-state index contributed by atoms with van der Waals surface area (Å²) in [5, 5.41) is 10.0. The average molecular weight is 501 g/mol. The van der Waals surface area contributed by atoms with Crippen molar-refractivity contribution in [2.75, 3.05) is 0 Å². The maximum Gasteiger partial charge on any atom is 0.313 e. The SMILES string of the molecule is C[C@H]1[C@H](C)CC[C@@]23CC[C@]4(C)[C@](OC2=O)([C@H](F)C[C@@H]2[C@@]5(C)C/C(=C/O)C(=O)C(C)(C)[C@@H]5CC[C@]24C)[C@H]13. The summed E-state index contributed by atoms with van der Waals surface area (Å²) in [5.41, 5.74) is -2.72. The van der Waals surface area contributed by atoms with Crippen molar-refractivity contribution in [2.24, 2.45) is 56.7 Å². The third kappa shape index (κ3) is 2.36. The van der Waals surface area contributed by atoms with E-state index in [4.69, 9.17) is 4.74 Å². The number of carbonyl (C=O) groups excluding carboxylic acids is 2. The van der Waals surface area contributed by atoms with Gasteiger partial charge in [-0.05, 0) is 85.9 Å². The predicted molar refractivity (Wildman–Crippen MR) is 136 cm³/mol. The van der Waals surface area contributed by atoms with Crippen LogP contribution < -0.4 is 0 Å². The Hall–Kier alpha value is -1.39. The molecule has 0 aromatic rings. The van der Waals surface area contributed by atoms with E-state index in [1.54, 1.807) is 0 Å². The second kappa shape index (κ2) is 6.97. The highest BCUT2D eigenvalue weighted by Crippen LogP contribution is 2.81. The van der Waals surface area contributed by atoms with Crippen LogP contribution in [0.4, 0.5) is 4.39 Å². The number of alkyl halides is 1. The number of fused-ring (bicyclic) bond motifs is 4. The molecule has 0 unspecified atom stereocenters. The molecular weight excluding hydrogens is 455 g/mol. The van der Waals surface area contributed by atoms with E-state index in [-0.39, 0.29) is 46.3 Å². The van der Waals surface area contributed by atoms with Crippen LogP contribution in [0, 0.1) is 56.7 Å². The molecule has 0 amide bonds. The van der Waals surface area contributed by atoms with Gasteiger partial charge in [0.25, 0.3) is 0 Å². The third-order valence-electron chi connectivity index (χ3n) is 14.1. The highest BCUT2D eigenvalue weighted by Gasteiger charge is 2.84. The van der Waals surface area contributed by atoms with Gasteiger partial charge in [0.2, 0.25) is 0 Å². The molecule has 1 N–H and O–H groups in total. The zero-order valence-corrected chi connectivity index (χ0v) is 23.2. The number of carbonyl (C=O) groups is 2. The van der Waals surface area contributed by atoms with Crippen molar-refractivity contribution >= 4 is 11.8 Å². The number of hydrogen-bond donors (Lipinski definition) is 1. The molecule has 1 spiro atoms. The Morgan fingerprint density at radius 3 is 2.33 bits per heavy atom. The molecule has 0 aromatic heterocycles. The zero-order valence-electron chi connectivity index (χ0n) is 23.2. The first-order chi connectivity index (χ1) is 16.7. The van der Waals surface area contributed by atoms with Crippen LogP contribution in [0.2, 0.25) is 0 Å². The van der Waals surface area contributed by atoms with Gasteiger partial charge in [0.1, 0.15) is 6.17 Å². The minimum Gasteiger partial charge on any atom is -0.515 e. The Morgan fingerprint density at radius 1 is 0.972 bits per heavy atom. The maximum atomic E-state index is 17.2. The van der Waals surface area contributed by atoms with Gasteiger partial charge in [0.05, 0.1) is 11.7 Å². The largest absolute Gasteiger partial charge is 0.515 e. The second-order valence-electron chi connectivity index (χ2n) is 15.2. The van der Waals surface area contributed by atoms with Crippen molar-refractivity contribution in [1.82, 2.24) is 0 Å². The molecule has 0 radical (unpaired) electrons. The topological polar surface area (TPSA) is 63.6 Å². The van der Waals surface area contributed by atoms with Crippen LogP contribution in [0.5, 0.6) is 0 Å². The molecule has 5 saturated carbocycles. The van der Waals surface area contributed by atoms with E-state index in [2.05, 4.69) is 34.6 Å². The summed E-state index contributed by atoms with van der Waals surface area (Å²) in [6.07, 6.45) is 5.91. The van der Waals surface area contributed by atoms with E-state index >= 15 is 4.39 Å². The molecule has 2 bridgehead atoms. The molecule has 6 fully saturated rings. The van der Waals surface area contributed by atoms with Gasteiger partial charge in [-0.3, -0.25) is 9.59 Å². The number of ketones is 1. The highest BCUT2D eigenvalue weighted by atomic mass is 19.1. The summed E-state index contributed by atoms with van der Waals surface area (Å²) in [4.78, 5) is 27.0. The number of ether oxygens (including phenoxy) is 1. The van der Waals surface area contributed by atoms with Crippen molar-refractivity contribution < 1.29 is 23.8 Å². The number of esters is 1. The Kier molecular flexibility index (Phi) is 4.82. The highest BCUT2D eigenvalue weighted by molar-refractivity contribution is 6.00. The molecule has 5 aliphatic carbocycles. The monoisotopic (exact) mass is 500 g/mol. The molecular formula is C31H45FO4. The minimum atomic E-state index is -1.22. The molecule has 1 heterocycles. The number of halogens is 1. The first-order valence-corrected chi connectivity index (χ1v) is 14.4. The fraction of sp³-hybridized carbons (Fsp3) is 0.871. The number of hydrogen-bond acceptors (Lipinski definition) is 4. The van der Waals surface area contributed by atoms with Gasteiger partial charge in [-0.2, -0.15) is 0 Å². The number of allylic oxidation sites excluding steroid dienone is 1. The molecule has 5 heteroatoms. The molecule has 6 rings (SSSR count). The third-order valence-corrected chi connectivity index (χ3v) is 14.1. The van der Waals surface area contributed by atoms with E-state index in [0.717, 1.165) is 44.8 Å². The van der Waals surface area contributed by atoms with Crippen molar-refractivity contribution in [1.29, 1.82) is 0 Å². The Balaban J connectivity index is 1.52. The standard InChI is InChI=1S/C31H45FO4/c1-17-8-11-30-13-12-29(7)28(6)10-9-20-26(3,4)24(34)19(16-33)15-27(20,5)21(28)14-22(32)31(29,36-25(30)35)23(30)18(17)2/h16-18,20-23,33H,8-15H2,1-7H3/b19-16-/t17-,18+,20+,21-,22-,23-,27+,28-,29+,30+,31+/m1/s1. The molecule has 4 nitrogen and oxygen atoms in total. The summed E-state index contributed by atoms with van der Waals surface area (Å²) in [5.74, 6) is 0.690. The summed E-state index contributed by atoms with van der Waals surface area (Å²) in [6, 6.07) is 0. The lowest BCUT2D eigenvalue weighted by atomic mass is 9.30. The van der Waals surface area contributed by atoms with Gasteiger partial charge < -0.3 is 9.84 Å². The summed E-state index contributed by atoms with van der Waals surface area (Å²) in [7, 11) is 0. The number of aliphatic hydroxyl groups is 1. The van der Waals surface area contributed by atoms with Crippen LogP contribution in [-0.4, -0.2) is 28.6 Å². The van der Waals surface area contributed by atoms with Crippen LogP contribution in [0.1, 0.15) is 99.8 Å². The van der Waals surface area contributed by atoms with Gasteiger partial charge in [0, 0.05) is 22.3 Å². The van der Waals surface area contributed by atoms with Crippen LogP contribution in [0.25, 0.3) is 0 Å². The fourth-order valence-corrected chi connectivity index (χ4v) is 12.0. The molecule has 200 valence electrons. The lowest BCUT2D eigenvalue weighted by Crippen LogP contribution is -2.76. The number of Topliss-reactive ketones (excluding diaryl/α,β-unsaturated/α-hetero) is 1. The van der Waals surface area contributed by atoms with E-state index in [9.17, 15) is 14.7 Å². The molecule has 1 saturated heterocycles. The summed E-state index contributed by atoms with van der Waals surface area (Å²) >= 11 is 0. The van der Waals surface area contributed by atoms with Crippen molar-refractivity contribution in [2.45, 2.75) is 112 Å². The smallest absolute Gasteiger partial charge is 0.313 e. The van der Waals surface area contributed by atoms with Crippen LogP contribution >= 0.6 is 0 Å². The fourth-order valence-electron chi connectivity index (χ4n) is 12.0. The van der Waals surface area contributed by atoms with Gasteiger partial charge in [-0.25, -0.2) is 4.39 Å². The first-order valence-electron chi connectivity index (χ1n) is 14.4. The maximum absolute atomic E-state index is 17.2. The Bertz CT molecular complexity index is 1060. The number of rotatable bonds is 0. The number of aliphatic hydroxyl groups excluding tert-OH is 1. The Labute approximate surface area is 215 Å². The molecule has 1 aliphatic heterocycles. The predicted octanol–water partition coefficient (Wildman–Crippen LogP) is 6.97. The zero-order chi connectivity index (χ0) is 26.3. The minimum absolute atomic E-state index is 0.0311. The van der Waals surface area contributed by atoms with Gasteiger partial charge in [-0.1, -0.05) is 48.5 Å². The van der Waals surface area contributed by atoms with Gasteiger partial charge in [0.15, 0.2) is 11.4 Å². The molecule has 11 atom stereocenters. The second-order valence-corrected chi connectivity index (χ2v) is 15.2. The first kappa shape index (κ1) is 24.9. The average Bonchev–Trinajstić information content (AvgIpc) is 3.03. The van der Waals surface area contributed by atoms with E-state index < -0.39 is 28.0 Å². The van der Waals surface area contributed by atoms with Crippen molar-refractivity contribution in [3.63, 3.8) is 0 Å². The lowest BCUT2D eigenvalue weighted by Gasteiger charge is -2.74. The van der Waals surface area contributed by atoms with Crippen molar-refractivity contribution in [3.8, 4) is 0 Å². The summed E-state index contributed by atoms with van der Waals surface area (Å²) < 4.78 is 23.7. The van der Waals surface area contributed by atoms with E-state index in [1.807, 2.05) is 13.8 Å². The van der Waals surface area contributed by atoms with Crippen LogP contribution in [0.15, 0.2) is 11.8 Å². The van der Waals surface area contributed by atoms with Crippen LogP contribution in [0.3, 0.4) is 0 Å². The van der Waals surface area contributed by atoms with Gasteiger partial charge in [-0.15, -0.1) is 0 Å². The molecule has 36 heavy (non-hydrogen) atoms. The van der Waals surface area contributed by atoms with Crippen molar-refractivity contribution in [3.05, 3.63) is 11.8 Å². The Morgan fingerprint density at radius 2 is 1.67 bits per heavy atom. The summed E-state index contributed by atoms with van der Waals surface area (Å²) in [6.45, 7) is 15.4. The normalized spacial score (nSPS) is 58.4. The van der Waals surface area contributed by atoms with Gasteiger partial charge >= 0.3 is 5.97 Å². The lowest BCUT2D eigenvalue weighted by molar-refractivity contribution is -0.303. The molecule has 6 aliphatic rings. The van der Waals surface area contributed by atoms with E-state index in [0.29, 0.717) is 24.3 Å².